The number of rotatable bonds is 3. The van der Waals surface area contributed by atoms with Crippen molar-refractivity contribution in [1.29, 1.82) is 0 Å². The van der Waals surface area contributed by atoms with E-state index in [9.17, 15) is 4.79 Å². The maximum absolute atomic E-state index is 12.5. The van der Waals surface area contributed by atoms with E-state index in [0.717, 1.165) is 12.1 Å². The van der Waals surface area contributed by atoms with Crippen molar-refractivity contribution < 1.29 is 4.79 Å². The van der Waals surface area contributed by atoms with E-state index in [1.807, 2.05) is 48.5 Å². The Kier molecular flexibility index (Phi) is 3.28. The standard InChI is InChI=1S/C17H18N2O/c1-19(14-8-3-2-4-9-14)17(20)13-7-5-6-12(10-13)15-11-16(15)18/h2-10,15-16H,11,18H2,1H3/t15-,16+/m0/s1. The smallest absolute Gasteiger partial charge is 0.258 e. The summed E-state index contributed by atoms with van der Waals surface area (Å²) in [7, 11) is 1.80. The molecule has 2 aromatic rings. The van der Waals surface area contributed by atoms with Crippen molar-refractivity contribution in [3.05, 3.63) is 65.7 Å². The van der Waals surface area contributed by atoms with Crippen molar-refractivity contribution in [3.63, 3.8) is 0 Å². The average Bonchev–Trinajstić information content (AvgIpc) is 3.24. The van der Waals surface area contributed by atoms with Gasteiger partial charge in [-0.15, -0.1) is 0 Å². The number of anilines is 1. The highest BCUT2D eigenvalue weighted by Crippen LogP contribution is 2.39. The second-order valence-electron chi connectivity index (χ2n) is 5.33. The third kappa shape index (κ3) is 2.45. The lowest BCUT2D eigenvalue weighted by atomic mass is 10.1. The SMILES string of the molecule is CN(C(=O)c1cccc([C@@H]2C[C@H]2N)c1)c1ccccc1. The van der Waals surface area contributed by atoms with Gasteiger partial charge >= 0.3 is 0 Å². The van der Waals surface area contributed by atoms with Crippen LogP contribution in [0.25, 0.3) is 0 Å². The Hall–Kier alpha value is -2.13. The van der Waals surface area contributed by atoms with Crippen LogP contribution in [0.15, 0.2) is 54.6 Å². The lowest BCUT2D eigenvalue weighted by molar-refractivity contribution is 0.0993. The molecule has 0 unspecified atom stereocenters. The summed E-state index contributed by atoms with van der Waals surface area (Å²) in [6, 6.07) is 17.7. The van der Waals surface area contributed by atoms with Crippen LogP contribution < -0.4 is 10.6 Å². The summed E-state index contributed by atoms with van der Waals surface area (Å²) in [5, 5.41) is 0. The van der Waals surface area contributed by atoms with E-state index in [0.29, 0.717) is 11.5 Å². The molecule has 0 heterocycles. The molecule has 0 aliphatic heterocycles. The van der Waals surface area contributed by atoms with Gasteiger partial charge < -0.3 is 10.6 Å². The Morgan fingerprint density at radius 3 is 2.50 bits per heavy atom. The molecular formula is C17H18N2O. The molecule has 0 radical (unpaired) electrons. The summed E-state index contributed by atoms with van der Waals surface area (Å²) in [5.74, 6) is 0.428. The van der Waals surface area contributed by atoms with Crippen molar-refractivity contribution in [2.75, 3.05) is 11.9 Å². The summed E-state index contributed by atoms with van der Waals surface area (Å²) >= 11 is 0. The number of benzene rings is 2. The zero-order valence-electron chi connectivity index (χ0n) is 11.5. The molecule has 1 aliphatic rings. The van der Waals surface area contributed by atoms with E-state index in [4.69, 9.17) is 5.73 Å². The minimum atomic E-state index is 0.00673. The van der Waals surface area contributed by atoms with E-state index < -0.39 is 0 Å². The number of hydrogen-bond donors (Lipinski definition) is 1. The van der Waals surface area contributed by atoms with Crippen LogP contribution in [0.2, 0.25) is 0 Å². The van der Waals surface area contributed by atoms with Crippen molar-refractivity contribution in [3.8, 4) is 0 Å². The number of nitrogens with zero attached hydrogens (tertiary/aromatic N) is 1. The van der Waals surface area contributed by atoms with Crippen LogP contribution in [0.1, 0.15) is 28.3 Å². The number of carbonyl (C=O) groups excluding carboxylic acids is 1. The monoisotopic (exact) mass is 266 g/mol. The fourth-order valence-corrected chi connectivity index (χ4v) is 2.46. The second-order valence-corrected chi connectivity index (χ2v) is 5.33. The number of para-hydroxylation sites is 1. The third-order valence-corrected chi connectivity index (χ3v) is 3.85. The first-order valence-corrected chi connectivity index (χ1v) is 6.85. The van der Waals surface area contributed by atoms with Gasteiger partial charge in [0.2, 0.25) is 0 Å². The van der Waals surface area contributed by atoms with Crippen molar-refractivity contribution in [2.45, 2.75) is 18.4 Å². The molecule has 3 rings (SSSR count). The number of amides is 1. The summed E-state index contributed by atoms with van der Waals surface area (Å²) in [6.45, 7) is 0. The average molecular weight is 266 g/mol. The van der Waals surface area contributed by atoms with Crippen molar-refractivity contribution in [2.24, 2.45) is 5.73 Å². The molecule has 102 valence electrons. The summed E-state index contributed by atoms with van der Waals surface area (Å²) in [5.41, 5.74) is 8.66. The Balaban J connectivity index is 1.83. The highest BCUT2D eigenvalue weighted by molar-refractivity contribution is 6.05. The molecule has 0 spiro atoms. The quantitative estimate of drug-likeness (QED) is 0.928. The lowest BCUT2D eigenvalue weighted by Gasteiger charge is -2.17. The molecule has 0 saturated heterocycles. The van der Waals surface area contributed by atoms with Gasteiger partial charge in [0.1, 0.15) is 0 Å². The van der Waals surface area contributed by atoms with E-state index in [1.165, 1.54) is 5.56 Å². The minimum absolute atomic E-state index is 0.00673. The summed E-state index contributed by atoms with van der Waals surface area (Å²) in [4.78, 5) is 14.2. The molecule has 1 fully saturated rings. The zero-order chi connectivity index (χ0) is 14.1. The molecule has 2 aromatic carbocycles. The van der Waals surface area contributed by atoms with Crippen LogP contribution in [-0.2, 0) is 0 Å². The second kappa shape index (κ2) is 5.10. The van der Waals surface area contributed by atoms with Gasteiger partial charge in [-0.2, -0.15) is 0 Å². The predicted octanol–water partition coefficient (Wildman–Crippen LogP) is 2.78. The number of hydrogen-bond acceptors (Lipinski definition) is 2. The molecule has 3 nitrogen and oxygen atoms in total. The van der Waals surface area contributed by atoms with E-state index in [2.05, 4.69) is 6.07 Å². The Labute approximate surface area is 119 Å². The first-order chi connectivity index (χ1) is 9.66. The van der Waals surface area contributed by atoms with Gasteiger partial charge in [0.25, 0.3) is 5.91 Å². The normalized spacial score (nSPS) is 20.5. The highest BCUT2D eigenvalue weighted by atomic mass is 16.2. The topological polar surface area (TPSA) is 46.3 Å². The van der Waals surface area contributed by atoms with Gasteiger partial charge in [-0.05, 0) is 36.2 Å². The first-order valence-electron chi connectivity index (χ1n) is 6.85. The highest BCUT2D eigenvalue weighted by Gasteiger charge is 2.35. The van der Waals surface area contributed by atoms with Gasteiger partial charge in [-0.1, -0.05) is 30.3 Å². The van der Waals surface area contributed by atoms with E-state index in [-0.39, 0.29) is 11.9 Å². The Morgan fingerprint density at radius 2 is 1.85 bits per heavy atom. The molecule has 20 heavy (non-hydrogen) atoms. The number of nitrogens with two attached hydrogens (primary N) is 1. The van der Waals surface area contributed by atoms with Crippen molar-refractivity contribution in [1.82, 2.24) is 0 Å². The zero-order valence-corrected chi connectivity index (χ0v) is 11.5. The fraction of sp³-hybridized carbons (Fsp3) is 0.235. The van der Waals surface area contributed by atoms with Gasteiger partial charge in [-0.25, -0.2) is 0 Å². The van der Waals surface area contributed by atoms with Gasteiger partial charge in [0.05, 0.1) is 0 Å². The molecular weight excluding hydrogens is 248 g/mol. The summed E-state index contributed by atoms with van der Waals surface area (Å²) < 4.78 is 0. The predicted molar refractivity (Wildman–Crippen MR) is 81.0 cm³/mol. The maximum Gasteiger partial charge on any atom is 0.258 e. The van der Waals surface area contributed by atoms with Crippen LogP contribution in [0.3, 0.4) is 0 Å². The van der Waals surface area contributed by atoms with Crippen LogP contribution in [0, 0.1) is 0 Å². The van der Waals surface area contributed by atoms with Crippen LogP contribution >= 0.6 is 0 Å². The summed E-state index contributed by atoms with van der Waals surface area (Å²) in [6.07, 6.45) is 1.02. The Morgan fingerprint density at radius 1 is 1.15 bits per heavy atom. The fourth-order valence-electron chi connectivity index (χ4n) is 2.46. The maximum atomic E-state index is 12.5. The molecule has 1 amide bonds. The molecule has 3 heteroatoms. The van der Waals surface area contributed by atoms with E-state index >= 15 is 0 Å². The van der Waals surface area contributed by atoms with E-state index in [1.54, 1.807) is 11.9 Å². The molecule has 0 aromatic heterocycles. The van der Waals surface area contributed by atoms with Gasteiger partial charge in [0, 0.05) is 30.3 Å². The minimum Gasteiger partial charge on any atom is -0.327 e. The molecule has 2 N–H and O–H groups in total. The van der Waals surface area contributed by atoms with Crippen LogP contribution in [0.4, 0.5) is 5.69 Å². The van der Waals surface area contributed by atoms with Crippen molar-refractivity contribution >= 4 is 11.6 Å². The lowest BCUT2D eigenvalue weighted by Crippen LogP contribution is -2.26. The number of carbonyl (C=O) groups is 1. The van der Waals surface area contributed by atoms with Gasteiger partial charge in [-0.3, -0.25) is 4.79 Å². The van der Waals surface area contributed by atoms with Gasteiger partial charge in [0.15, 0.2) is 0 Å². The van der Waals surface area contributed by atoms with Crippen LogP contribution in [-0.4, -0.2) is 19.0 Å². The molecule has 2 atom stereocenters. The van der Waals surface area contributed by atoms with Crippen LogP contribution in [0.5, 0.6) is 0 Å². The molecule has 1 saturated carbocycles. The largest absolute Gasteiger partial charge is 0.327 e. The molecule has 1 aliphatic carbocycles. The molecule has 0 bridgehead atoms. The Bertz CT molecular complexity index is 624. The third-order valence-electron chi connectivity index (χ3n) is 3.85. The first kappa shape index (κ1) is 12.9.